The van der Waals surface area contributed by atoms with E-state index in [1.165, 1.54) is 64.2 Å². The molecule has 1 aliphatic rings. The Morgan fingerprint density at radius 3 is 2.53 bits per heavy atom. The molecule has 0 saturated heterocycles. The first-order valence-corrected chi connectivity index (χ1v) is 6.71. The van der Waals surface area contributed by atoms with Crippen molar-refractivity contribution in [2.75, 3.05) is 0 Å². The van der Waals surface area contributed by atoms with Crippen LogP contribution in [0.4, 0.5) is 0 Å². The van der Waals surface area contributed by atoms with E-state index in [-0.39, 0.29) is 0 Å². The second-order valence-electron chi connectivity index (χ2n) is 4.99. The topological polar surface area (TPSA) is 26.0 Å². The molecule has 1 aliphatic carbocycles. The molecule has 0 bridgehead atoms. The molecule has 15 heavy (non-hydrogen) atoms. The Bertz CT molecular complexity index is 159. The van der Waals surface area contributed by atoms with Crippen molar-refractivity contribution in [1.29, 1.82) is 0 Å². The standard InChI is InChI=1S/C14H27N/c1-2-3-4-5-9-12-14(15)13-10-7-6-8-11-13/h2,13-14H,1,3-12,15H2. The molecule has 0 aliphatic heterocycles. The fourth-order valence-corrected chi connectivity index (χ4v) is 2.64. The Morgan fingerprint density at radius 2 is 1.87 bits per heavy atom. The van der Waals surface area contributed by atoms with E-state index in [1.807, 2.05) is 6.08 Å². The molecule has 0 spiro atoms. The molecule has 1 unspecified atom stereocenters. The van der Waals surface area contributed by atoms with Gasteiger partial charge in [0.2, 0.25) is 0 Å². The van der Waals surface area contributed by atoms with Gasteiger partial charge >= 0.3 is 0 Å². The average molecular weight is 209 g/mol. The van der Waals surface area contributed by atoms with Crippen LogP contribution in [0.2, 0.25) is 0 Å². The van der Waals surface area contributed by atoms with Gasteiger partial charge in [-0.05, 0) is 38.0 Å². The van der Waals surface area contributed by atoms with Gasteiger partial charge in [0, 0.05) is 6.04 Å². The summed E-state index contributed by atoms with van der Waals surface area (Å²) in [6.07, 6.45) is 15.4. The smallest absolute Gasteiger partial charge is 0.00671 e. The SMILES string of the molecule is C=CCCCCCC(N)C1CCCCC1. The molecule has 0 heterocycles. The van der Waals surface area contributed by atoms with E-state index in [1.54, 1.807) is 0 Å². The predicted octanol–water partition coefficient (Wildman–Crippen LogP) is 4.03. The minimum Gasteiger partial charge on any atom is -0.327 e. The van der Waals surface area contributed by atoms with Gasteiger partial charge in [0.15, 0.2) is 0 Å². The summed E-state index contributed by atoms with van der Waals surface area (Å²) in [6, 6.07) is 0.481. The van der Waals surface area contributed by atoms with Gasteiger partial charge < -0.3 is 5.73 Å². The molecule has 1 rings (SSSR count). The van der Waals surface area contributed by atoms with Crippen LogP contribution in [0, 0.1) is 5.92 Å². The minimum absolute atomic E-state index is 0.481. The Labute approximate surface area is 95.1 Å². The van der Waals surface area contributed by atoms with Gasteiger partial charge in [-0.2, -0.15) is 0 Å². The first-order valence-electron chi connectivity index (χ1n) is 6.71. The molecule has 1 fully saturated rings. The highest BCUT2D eigenvalue weighted by molar-refractivity contribution is 4.76. The largest absolute Gasteiger partial charge is 0.327 e. The van der Waals surface area contributed by atoms with Crippen LogP contribution in [0.15, 0.2) is 12.7 Å². The number of allylic oxidation sites excluding steroid dienone is 1. The summed E-state index contributed by atoms with van der Waals surface area (Å²) < 4.78 is 0. The van der Waals surface area contributed by atoms with E-state index in [9.17, 15) is 0 Å². The van der Waals surface area contributed by atoms with E-state index in [4.69, 9.17) is 5.73 Å². The van der Waals surface area contributed by atoms with Crippen molar-refractivity contribution in [3.8, 4) is 0 Å². The number of unbranched alkanes of at least 4 members (excludes halogenated alkanes) is 3. The fourth-order valence-electron chi connectivity index (χ4n) is 2.64. The molecule has 0 amide bonds. The van der Waals surface area contributed by atoms with Gasteiger partial charge in [0.1, 0.15) is 0 Å². The maximum absolute atomic E-state index is 6.24. The van der Waals surface area contributed by atoms with E-state index >= 15 is 0 Å². The maximum Gasteiger partial charge on any atom is 0.00671 e. The van der Waals surface area contributed by atoms with Crippen molar-refractivity contribution in [2.24, 2.45) is 11.7 Å². The van der Waals surface area contributed by atoms with E-state index in [0.717, 1.165) is 5.92 Å². The first kappa shape index (κ1) is 12.8. The van der Waals surface area contributed by atoms with E-state index in [2.05, 4.69) is 6.58 Å². The lowest BCUT2D eigenvalue weighted by Gasteiger charge is -2.27. The zero-order valence-corrected chi connectivity index (χ0v) is 10.1. The Hall–Kier alpha value is -0.300. The lowest BCUT2D eigenvalue weighted by Crippen LogP contribution is -2.31. The average Bonchev–Trinajstić information content (AvgIpc) is 2.30. The maximum atomic E-state index is 6.24. The summed E-state index contributed by atoms with van der Waals surface area (Å²) in [4.78, 5) is 0. The normalized spacial score (nSPS) is 20.1. The highest BCUT2D eigenvalue weighted by Gasteiger charge is 2.19. The predicted molar refractivity (Wildman–Crippen MR) is 67.8 cm³/mol. The van der Waals surface area contributed by atoms with E-state index < -0.39 is 0 Å². The zero-order chi connectivity index (χ0) is 10.9. The van der Waals surface area contributed by atoms with Gasteiger partial charge in [-0.3, -0.25) is 0 Å². The van der Waals surface area contributed by atoms with Crippen LogP contribution in [-0.4, -0.2) is 6.04 Å². The summed E-state index contributed by atoms with van der Waals surface area (Å²) in [6.45, 7) is 3.74. The lowest BCUT2D eigenvalue weighted by atomic mass is 9.82. The monoisotopic (exact) mass is 209 g/mol. The molecule has 0 aromatic heterocycles. The van der Waals surface area contributed by atoms with Gasteiger partial charge in [-0.1, -0.05) is 38.2 Å². The lowest BCUT2D eigenvalue weighted by molar-refractivity contribution is 0.290. The van der Waals surface area contributed by atoms with Crippen LogP contribution in [-0.2, 0) is 0 Å². The molecule has 0 radical (unpaired) electrons. The number of nitrogens with two attached hydrogens (primary N) is 1. The first-order chi connectivity index (χ1) is 7.34. The van der Waals surface area contributed by atoms with Crippen molar-refractivity contribution in [2.45, 2.75) is 70.3 Å². The van der Waals surface area contributed by atoms with Crippen molar-refractivity contribution in [3.05, 3.63) is 12.7 Å². The second-order valence-corrected chi connectivity index (χ2v) is 4.99. The molecule has 1 heteroatoms. The molecule has 1 saturated carbocycles. The quantitative estimate of drug-likeness (QED) is 0.497. The second kappa shape index (κ2) is 7.92. The third-order valence-corrected chi connectivity index (χ3v) is 3.70. The highest BCUT2D eigenvalue weighted by Crippen LogP contribution is 2.27. The van der Waals surface area contributed by atoms with Crippen LogP contribution in [0.3, 0.4) is 0 Å². The van der Waals surface area contributed by atoms with Crippen LogP contribution in [0.25, 0.3) is 0 Å². The van der Waals surface area contributed by atoms with E-state index in [0.29, 0.717) is 6.04 Å². The third kappa shape index (κ3) is 5.36. The number of hydrogen-bond acceptors (Lipinski definition) is 1. The van der Waals surface area contributed by atoms with Crippen molar-refractivity contribution >= 4 is 0 Å². The number of rotatable bonds is 7. The summed E-state index contributed by atoms with van der Waals surface area (Å²) in [7, 11) is 0. The Morgan fingerprint density at radius 1 is 1.13 bits per heavy atom. The highest BCUT2D eigenvalue weighted by atomic mass is 14.6. The molecule has 0 aromatic carbocycles. The van der Waals surface area contributed by atoms with Crippen molar-refractivity contribution in [1.82, 2.24) is 0 Å². The zero-order valence-electron chi connectivity index (χ0n) is 10.1. The fraction of sp³-hybridized carbons (Fsp3) is 0.857. The van der Waals surface area contributed by atoms with Gasteiger partial charge in [0.05, 0.1) is 0 Å². The molecule has 2 N–H and O–H groups in total. The molecule has 1 atom stereocenters. The molecule has 1 nitrogen and oxygen atoms in total. The van der Waals surface area contributed by atoms with Crippen LogP contribution in [0.1, 0.15) is 64.2 Å². The van der Waals surface area contributed by atoms with Gasteiger partial charge in [-0.15, -0.1) is 6.58 Å². The van der Waals surface area contributed by atoms with Crippen LogP contribution < -0.4 is 5.73 Å². The third-order valence-electron chi connectivity index (χ3n) is 3.70. The van der Waals surface area contributed by atoms with Crippen molar-refractivity contribution < 1.29 is 0 Å². The Balaban J connectivity index is 2.01. The summed E-state index contributed by atoms with van der Waals surface area (Å²) in [5.41, 5.74) is 6.24. The summed E-state index contributed by atoms with van der Waals surface area (Å²) in [5, 5.41) is 0. The Kier molecular flexibility index (Phi) is 6.74. The van der Waals surface area contributed by atoms with Gasteiger partial charge in [0.25, 0.3) is 0 Å². The van der Waals surface area contributed by atoms with Crippen LogP contribution >= 0.6 is 0 Å². The molecular weight excluding hydrogens is 182 g/mol. The number of hydrogen-bond donors (Lipinski definition) is 1. The summed E-state index contributed by atoms with van der Waals surface area (Å²) >= 11 is 0. The summed E-state index contributed by atoms with van der Waals surface area (Å²) in [5.74, 6) is 0.832. The van der Waals surface area contributed by atoms with Crippen molar-refractivity contribution in [3.63, 3.8) is 0 Å². The molecular formula is C14H27N. The molecule has 0 aromatic rings. The molecule has 88 valence electrons. The van der Waals surface area contributed by atoms with Gasteiger partial charge in [-0.25, -0.2) is 0 Å². The van der Waals surface area contributed by atoms with Crippen LogP contribution in [0.5, 0.6) is 0 Å². The minimum atomic E-state index is 0.481.